The van der Waals surface area contributed by atoms with Crippen molar-refractivity contribution in [2.24, 2.45) is 0 Å². The number of amides is 1. The minimum absolute atomic E-state index is 0.187. The summed E-state index contributed by atoms with van der Waals surface area (Å²) in [6.45, 7) is 2.00. The molecule has 7 nitrogen and oxygen atoms in total. The highest BCUT2D eigenvalue weighted by Crippen LogP contribution is 2.20. The normalized spacial score (nSPS) is 14.6. The maximum atomic E-state index is 11.6. The second kappa shape index (κ2) is 7.80. The molecule has 24 heavy (non-hydrogen) atoms. The molecule has 9 heteroatoms. The van der Waals surface area contributed by atoms with Gasteiger partial charge in [0.1, 0.15) is 0 Å². The molecule has 1 aromatic carbocycles. The summed E-state index contributed by atoms with van der Waals surface area (Å²) < 4.78 is 24.4. The number of sulfonamides is 1. The summed E-state index contributed by atoms with van der Waals surface area (Å²) in [6, 6.07) is 6.98. The van der Waals surface area contributed by atoms with Gasteiger partial charge >= 0.3 is 0 Å². The maximum Gasteiger partial charge on any atom is 0.231 e. The van der Waals surface area contributed by atoms with E-state index in [-0.39, 0.29) is 5.91 Å². The van der Waals surface area contributed by atoms with Gasteiger partial charge in [-0.3, -0.25) is 9.10 Å². The quantitative estimate of drug-likeness (QED) is 0.727. The third-order valence-corrected chi connectivity index (χ3v) is 5.26. The number of nitrogens with zero attached hydrogens (tertiary/aromatic N) is 2. The summed E-state index contributed by atoms with van der Waals surface area (Å²) in [6.07, 6.45) is 2.70. The molecule has 1 aromatic rings. The number of hydrogen-bond donors (Lipinski definition) is 2. The molecule has 2 N–H and O–H groups in total. The molecule has 0 atom stereocenters. The molecule has 1 amide bonds. The van der Waals surface area contributed by atoms with Crippen LogP contribution in [-0.2, 0) is 14.8 Å². The van der Waals surface area contributed by atoms with Gasteiger partial charge in [-0.15, -0.1) is 0 Å². The molecule has 2 rings (SSSR count). The first-order valence-electron chi connectivity index (χ1n) is 7.64. The second-order valence-electron chi connectivity index (χ2n) is 5.65. The highest BCUT2D eigenvalue weighted by atomic mass is 32.2. The Morgan fingerprint density at radius 3 is 2.79 bits per heavy atom. The first kappa shape index (κ1) is 18.5. The lowest BCUT2D eigenvalue weighted by molar-refractivity contribution is -0.127. The summed E-state index contributed by atoms with van der Waals surface area (Å²) in [7, 11) is -1.81. The van der Waals surface area contributed by atoms with E-state index < -0.39 is 10.0 Å². The monoisotopic (exact) mass is 370 g/mol. The van der Waals surface area contributed by atoms with Crippen LogP contribution in [0.4, 0.5) is 11.4 Å². The molecule has 1 fully saturated rings. The number of benzene rings is 1. The Labute approximate surface area is 148 Å². The van der Waals surface area contributed by atoms with Crippen LogP contribution >= 0.6 is 12.2 Å². The number of thiocarbonyl (C=S) groups is 1. The standard InChI is InChI=1S/C15H22N4O3S2/c1-18(24(2,21)22)13-6-3-5-12(11-13)17-15(23)16-8-10-19-9-4-7-14(19)20/h3,5-6,11H,4,7-10H2,1-2H3,(H2,16,17,23). The number of anilines is 2. The van der Waals surface area contributed by atoms with E-state index in [1.165, 1.54) is 11.4 Å². The summed E-state index contributed by atoms with van der Waals surface area (Å²) in [4.78, 5) is 13.3. The molecule has 0 bridgehead atoms. The fraction of sp³-hybridized carbons (Fsp3) is 0.467. The summed E-state index contributed by atoms with van der Waals surface area (Å²) >= 11 is 5.23. The van der Waals surface area contributed by atoms with Gasteiger partial charge in [-0.1, -0.05) is 6.07 Å². The van der Waals surface area contributed by atoms with E-state index in [0.29, 0.717) is 36.0 Å². The van der Waals surface area contributed by atoms with Crippen molar-refractivity contribution in [1.82, 2.24) is 10.2 Å². The Morgan fingerprint density at radius 1 is 1.42 bits per heavy atom. The van der Waals surface area contributed by atoms with E-state index in [1.54, 1.807) is 24.3 Å². The molecule has 0 saturated carbocycles. The van der Waals surface area contributed by atoms with Crippen LogP contribution in [0.5, 0.6) is 0 Å². The van der Waals surface area contributed by atoms with Crippen molar-refractivity contribution in [3.8, 4) is 0 Å². The predicted molar refractivity (Wildman–Crippen MR) is 99.7 cm³/mol. The fourth-order valence-corrected chi connectivity index (χ4v) is 3.11. The van der Waals surface area contributed by atoms with Crippen LogP contribution in [0.25, 0.3) is 0 Å². The number of carbonyl (C=O) groups excluding carboxylic acids is 1. The lowest BCUT2D eigenvalue weighted by Crippen LogP contribution is -2.37. The van der Waals surface area contributed by atoms with Crippen molar-refractivity contribution < 1.29 is 13.2 Å². The third kappa shape index (κ3) is 5.07. The molecule has 0 aliphatic carbocycles. The maximum absolute atomic E-state index is 11.6. The van der Waals surface area contributed by atoms with E-state index in [2.05, 4.69) is 10.6 Å². The minimum atomic E-state index is -3.31. The molecule has 0 spiro atoms. The fourth-order valence-electron chi connectivity index (χ4n) is 2.39. The molecule has 0 radical (unpaired) electrons. The summed E-state index contributed by atoms with van der Waals surface area (Å²) in [5, 5.41) is 6.50. The topological polar surface area (TPSA) is 81.8 Å². The van der Waals surface area contributed by atoms with Gasteiger partial charge in [-0.05, 0) is 36.8 Å². The van der Waals surface area contributed by atoms with Crippen molar-refractivity contribution in [3.63, 3.8) is 0 Å². The van der Waals surface area contributed by atoms with E-state index in [1.807, 2.05) is 4.90 Å². The molecule has 1 aliphatic heterocycles. The van der Waals surface area contributed by atoms with Crippen LogP contribution in [0, 0.1) is 0 Å². The van der Waals surface area contributed by atoms with Gasteiger partial charge < -0.3 is 15.5 Å². The van der Waals surface area contributed by atoms with E-state index >= 15 is 0 Å². The molecule has 1 saturated heterocycles. The van der Waals surface area contributed by atoms with Crippen LogP contribution in [-0.4, -0.2) is 57.3 Å². The molecular formula is C15H22N4O3S2. The number of rotatable bonds is 6. The van der Waals surface area contributed by atoms with Crippen molar-refractivity contribution in [2.45, 2.75) is 12.8 Å². The van der Waals surface area contributed by atoms with Crippen LogP contribution in [0.3, 0.4) is 0 Å². The second-order valence-corrected chi connectivity index (χ2v) is 8.07. The van der Waals surface area contributed by atoms with Gasteiger partial charge in [0.05, 0.1) is 11.9 Å². The Bertz CT molecular complexity index is 721. The van der Waals surface area contributed by atoms with E-state index in [9.17, 15) is 13.2 Å². The number of nitrogens with one attached hydrogen (secondary N) is 2. The molecule has 132 valence electrons. The largest absolute Gasteiger partial charge is 0.361 e. The minimum Gasteiger partial charge on any atom is -0.361 e. The number of likely N-dealkylation sites (tertiary alicyclic amines) is 1. The zero-order chi connectivity index (χ0) is 17.7. The zero-order valence-corrected chi connectivity index (χ0v) is 15.4. The van der Waals surface area contributed by atoms with Crippen molar-refractivity contribution in [1.29, 1.82) is 0 Å². The highest BCUT2D eigenvalue weighted by molar-refractivity contribution is 7.92. The van der Waals surface area contributed by atoms with Crippen molar-refractivity contribution >= 4 is 44.6 Å². The van der Waals surface area contributed by atoms with Gasteiger partial charge in [-0.25, -0.2) is 8.42 Å². The van der Waals surface area contributed by atoms with Crippen LogP contribution in [0.15, 0.2) is 24.3 Å². The summed E-state index contributed by atoms with van der Waals surface area (Å²) in [5.41, 5.74) is 1.24. The Kier molecular flexibility index (Phi) is 6.00. The lowest BCUT2D eigenvalue weighted by atomic mass is 10.3. The Morgan fingerprint density at radius 2 is 2.17 bits per heavy atom. The van der Waals surface area contributed by atoms with Gasteiger partial charge in [0.2, 0.25) is 15.9 Å². The van der Waals surface area contributed by atoms with Gasteiger partial charge in [-0.2, -0.15) is 0 Å². The highest BCUT2D eigenvalue weighted by Gasteiger charge is 2.19. The Balaban J connectivity index is 1.86. The van der Waals surface area contributed by atoms with Crippen LogP contribution in [0.2, 0.25) is 0 Å². The average molecular weight is 371 g/mol. The van der Waals surface area contributed by atoms with Gasteiger partial charge in [0, 0.05) is 38.8 Å². The molecule has 0 aromatic heterocycles. The molecule has 1 heterocycles. The number of carbonyl (C=O) groups is 1. The molecule has 1 aliphatic rings. The lowest BCUT2D eigenvalue weighted by Gasteiger charge is -2.19. The van der Waals surface area contributed by atoms with Crippen molar-refractivity contribution in [2.75, 3.05) is 42.6 Å². The molecule has 0 unspecified atom stereocenters. The third-order valence-electron chi connectivity index (χ3n) is 3.80. The van der Waals surface area contributed by atoms with E-state index in [4.69, 9.17) is 12.2 Å². The van der Waals surface area contributed by atoms with Crippen LogP contribution in [0.1, 0.15) is 12.8 Å². The molecular weight excluding hydrogens is 348 g/mol. The van der Waals surface area contributed by atoms with Gasteiger partial charge in [0.25, 0.3) is 0 Å². The summed E-state index contributed by atoms with van der Waals surface area (Å²) in [5.74, 6) is 0.187. The first-order chi connectivity index (χ1) is 11.3. The number of hydrogen-bond acceptors (Lipinski definition) is 4. The van der Waals surface area contributed by atoms with E-state index in [0.717, 1.165) is 19.2 Å². The smallest absolute Gasteiger partial charge is 0.231 e. The SMILES string of the molecule is CN(c1cccc(NC(=S)NCCN2CCCC2=O)c1)S(C)(=O)=O. The van der Waals surface area contributed by atoms with Crippen LogP contribution < -0.4 is 14.9 Å². The van der Waals surface area contributed by atoms with Gasteiger partial charge in [0.15, 0.2) is 5.11 Å². The zero-order valence-electron chi connectivity index (χ0n) is 13.8. The Hall–Kier alpha value is -1.87. The average Bonchev–Trinajstić information content (AvgIpc) is 2.91. The predicted octanol–water partition coefficient (Wildman–Crippen LogP) is 0.991. The first-order valence-corrected chi connectivity index (χ1v) is 9.89. The van der Waals surface area contributed by atoms with Crippen molar-refractivity contribution in [3.05, 3.63) is 24.3 Å².